The maximum atomic E-state index is 15.0. The second-order valence-electron chi connectivity index (χ2n) is 9.06. The van der Waals surface area contributed by atoms with Gasteiger partial charge < -0.3 is 10.3 Å². The number of benzene rings is 2. The summed E-state index contributed by atoms with van der Waals surface area (Å²) in [6.45, 7) is 5.60. The van der Waals surface area contributed by atoms with Crippen LogP contribution < -0.4 is 11.3 Å². The largest absolute Gasteiger partial charge is 0.383 e. The molecule has 0 bridgehead atoms. The number of pyridine rings is 2. The minimum Gasteiger partial charge on any atom is -0.383 e. The number of aliphatic imine (C=N–C) groups is 1. The Kier molecular flexibility index (Phi) is 5.35. The zero-order valence-electron chi connectivity index (χ0n) is 19.6. The molecule has 4 aromatic rings. The zero-order valence-corrected chi connectivity index (χ0v) is 19.6. The Morgan fingerprint density at radius 2 is 1.74 bits per heavy atom. The van der Waals surface area contributed by atoms with E-state index in [0.29, 0.717) is 27.8 Å². The van der Waals surface area contributed by atoms with Crippen LogP contribution in [-0.4, -0.2) is 15.4 Å². The van der Waals surface area contributed by atoms with Crippen molar-refractivity contribution in [1.29, 1.82) is 0 Å². The van der Waals surface area contributed by atoms with Crippen LogP contribution in [0.3, 0.4) is 0 Å². The zero-order chi connectivity index (χ0) is 24.9. The van der Waals surface area contributed by atoms with Crippen molar-refractivity contribution in [3.8, 4) is 11.1 Å². The van der Waals surface area contributed by atoms with E-state index in [1.165, 1.54) is 12.1 Å². The molecular formula is C28H24F2N4O. The molecule has 1 aliphatic rings. The SMILES string of the molecule is Cc1cc(C2(c3cccc(-c4cncc(F)c4)c3)N=C(N)c3c(F)cccc32)cn(C(C)C)c1=O. The molecule has 1 atom stereocenters. The number of amidine groups is 1. The molecule has 0 fully saturated rings. The third-order valence-electron chi connectivity index (χ3n) is 6.46. The van der Waals surface area contributed by atoms with Crippen LogP contribution in [0, 0.1) is 18.6 Å². The lowest BCUT2D eigenvalue weighted by Gasteiger charge is -2.31. The van der Waals surface area contributed by atoms with Gasteiger partial charge in [-0.15, -0.1) is 0 Å². The van der Waals surface area contributed by atoms with Crippen LogP contribution in [0.2, 0.25) is 0 Å². The minimum atomic E-state index is -1.20. The molecule has 0 radical (unpaired) electrons. The normalized spacial score (nSPS) is 16.9. The van der Waals surface area contributed by atoms with E-state index in [4.69, 9.17) is 10.7 Å². The number of aryl methyl sites for hydroxylation is 1. The fourth-order valence-electron chi connectivity index (χ4n) is 4.81. The Morgan fingerprint density at radius 3 is 2.49 bits per heavy atom. The summed E-state index contributed by atoms with van der Waals surface area (Å²) in [4.78, 5) is 21.7. The van der Waals surface area contributed by atoms with E-state index >= 15 is 0 Å². The molecule has 3 heterocycles. The Balaban J connectivity index is 1.86. The molecule has 0 saturated heterocycles. The van der Waals surface area contributed by atoms with Gasteiger partial charge in [0.25, 0.3) is 5.56 Å². The van der Waals surface area contributed by atoms with E-state index in [1.807, 2.05) is 38.1 Å². The fourth-order valence-corrected chi connectivity index (χ4v) is 4.81. The van der Waals surface area contributed by atoms with E-state index < -0.39 is 17.2 Å². The van der Waals surface area contributed by atoms with Gasteiger partial charge in [-0.25, -0.2) is 13.8 Å². The van der Waals surface area contributed by atoms with Crippen LogP contribution in [0.1, 0.15) is 47.7 Å². The van der Waals surface area contributed by atoms with E-state index in [0.717, 1.165) is 11.8 Å². The van der Waals surface area contributed by atoms with Crippen molar-refractivity contribution in [2.24, 2.45) is 10.7 Å². The predicted octanol–water partition coefficient (Wildman–Crippen LogP) is 5.09. The maximum absolute atomic E-state index is 15.0. The summed E-state index contributed by atoms with van der Waals surface area (Å²) in [5.41, 5.74) is 9.09. The first-order chi connectivity index (χ1) is 16.7. The summed E-state index contributed by atoms with van der Waals surface area (Å²) in [5, 5.41) is 0. The van der Waals surface area contributed by atoms with Crippen LogP contribution in [0.25, 0.3) is 11.1 Å². The van der Waals surface area contributed by atoms with Gasteiger partial charge in [0.2, 0.25) is 0 Å². The molecule has 5 rings (SSSR count). The van der Waals surface area contributed by atoms with Crippen molar-refractivity contribution in [3.05, 3.63) is 123 Å². The van der Waals surface area contributed by atoms with Gasteiger partial charge in [0.15, 0.2) is 0 Å². The third-order valence-corrected chi connectivity index (χ3v) is 6.46. The smallest absolute Gasteiger partial charge is 0.253 e. The van der Waals surface area contributed by atoms with Crippen molar-refractivity contribution in [2.75, 3.05) is 0 Å². The monoisotopic (exact) mass is 470 g/mol. The molecule has 0 amide bonds. The Morgan fingerprint density at radius 1 is 0.971 bits per heavy atom. The summed E-state index contributed by atoms with van der Waals surface area (Å²) in [6.07, 6.45) is 4.50. The summed E-state index contributed by atoms with van der Waals surface area (Å²) in [7, 11) is 0. The number of nitrogens with two attached hydrogens (primary N) is 1. The average Bonchev–Trinajstić information content (AvgIpc) is 3.15. The van der Waals surface area contributed by atoms with Crippen molar-refractivity contribution in [1.82, 2.24) is 9.55 Å². The van der Waals surface area contributed by atoms with Gasteiger partial charge in [0, 0.05) is 40.7 Å². The molecule has 35 heavy (non-hydrogen) atoms. The number of halogens is 2. The van der Waals surface area contributed by atoms with Crippen LogP contribution in [0.15, 0.2) is 83.0 Å². The molecule has 0 spiro atoms. The fraction of sp³-hybridized carbons (Fsp3) is 0.179. The van der Waals surface area contributed by atoms with E-state index in [-0.39, 0.29) is 23.0 Å². The molecule has 2 aromatic carbocycles. The Bertz CT molecular complexity index is 1560. The Hall–Kier alpha value is -4.13. The van der Waals surface area contributed by atoms with Crippen LogP contribution >= 0.6 is 0 Å². The highest BCUT2D eigenvalue weighted by Crippen LogP contribution is 2.47. The maximum Gasteiger partial charge on any atom is 0.253 e. The summed E-state index contributed by atoms with van der Waals surface area (Å²) < 4.78 is 30.6. The lowest BCUT2D eigenvalue weighted by molar-refractivity contribution is 0.557. The van der Waals surface area contributed by atoms with Gasteiger partial charge in [-0.3, -0.25) is 9.78 Å². The first kappa shape index (κ1) is 22.7. The molecule has 7 heteroatoms. The number of fused-ring (bicyclic) bond motifs is 1. The molecule has 0 aliphatic carbocycles. The van der Waals surface area contributed by atoms with Gasteiger partial charge in [-0.1, -0.05) is 30.3 Å². The highest BCUT2D eigenvalue weighted by Gasteiger charge is 2.44. The molecule has 1 unspecified atom stereocenters. The van der Waals surface area contributed by atoms with Gasteiger partial charge in [0.1, 0.15) is 23.0 Å². The number of hydrogen-bond acceptors (Lipinski definition) is 4. The van der Waals surface area contributed by atoms with Gasteiger partial charge in [0.05, 0.1) is 11.8 Å². The van der Waals surface area contributed by atoms with E-state index in [1.54, 1.807) is 42.1 Å². The molecule has 2 N–H and O–H groups in total. The molecule has 1 aliphatic heterocycles. The van der Waals surface area contributed by atoms with Crippen molar-refractivity contribution >= 4 is 5.84 Å². The van der Waals surface area contributed by atoms with E-state index in [9.17, 15) is 13.6 Å². The van der Waals surface area contributed by atoms with Crippen LogP contribution in [-0.2, 0) is 5.54 Å². The predicted molar refractivity (Wildman–Crippen MR) is 132 cm³/mol. The van der Waals surface area contributed by atoms with Crippen LogP contribution in [0.5, 0.6) is 0 Å². The highest BCUT2D eigenvalue weighted by atomic mass is 19.1. The quantitative estimate of drug-likeness (QED) is 0.452. The standard InChI is InChI=1S/C28H24F2N4O/c1-16(2)34-15-21(10-17(3)27(34)35)28(23-8-5-9-24(30)25(23)26(31)33-28)20-7-4-6-18(11-20)19-12-22(29)14-32-13-19/h4-16H,1-3H3,(H2,31,33). The van der Waals surface area contributed by atoms with Crippen molar-refractivity contribution in [2.45, 2.75) is 32.4 Å². The molecular weight excluding hydrogens is 446 g/mol. The molecule has 0 saturated carbocycles. The molecule has 5 nitrogen and oxygen atoms in total. The lowest BCUT2D eigenvalue weighted by Crippen LogP contribution is -2.31. The minimum absolute atomic E-state index is 0.0795. The highest BCUT2D eigenvalue weighted by molar-refractivity contribution is 6.03. The molecule has 176 valence electrons. The van der Waals surface area contributed by atoms with Gasteiger partial charge in [-0.05, 0) is 56.2 Å². The van der Waals surface area contributed by atoms with Gasteiger partial charge >= 0.3 is 0 Å². The second kappa shape index (κ2) is 8.27. The van der Waals surface area contributed by atoms with Crippen molar-refractivity contribution < 1.29 is 8.78 Å². The van der Waals surface area contributed by atoms with Gasteiger partial charge in [-0.2, -0.15) is 0 Å². The number of rotatable bonds is 4. The van der Waals surface area contributed by atoms with Crippen molar-refractivity contribution in [3.63, 3.8) is 0 Å². The summed E-state index contributed by atoms with van der Waals surface area (Å²) in [6, 6.07) is 15.3. The average molecular weight is 471 g/mol. The number of aromatic nitrogens is 2. The second-order valence-corrected chi connectivity index (χ2v) is 9.06. The van der Waals surface area contributed by atoms with E-state index in [2.05, 4.69) is 4.98 Å². The topological polar surface area (TPSA) is 73.3 Å². The first-order valence-electron chi connectivity index (χ1n) is 11.3. The molecule has 2 aromatic heterocycles. The number of hydrogen-bond donors (Lipinski definition) is 1. The summed E-state index contributed by atoms with van der Waals surface area (Å²) >= 11 is 0. The lowest BCUT2D eigenvalue weighted by atomic mass is 9.77. The first-order valence-corrected chi connectivity index (χ1v) is 11.3. The summed E-state index contributed by atoms with van der Waals surface area (Å²) in [5.74, 6) is -0.835. The third kappa shape index (κ3) is 3.55. The van der Waals surface area contributed by atoms with Crippen LogP contribution in [0.4, 0.5) is 8.78 Å². The Labute approximate surface area is 201 Å². The number of nitrogens with zero attached hydrogens (tertiary/aromatic N) is 3.